The van der Waals surface area contributed by atoms with Crippen LogP contribution in [0.25, 0.3) is 0 Å². The lowest BCUT2D eigenvalue weighted by Crippen LogP contribution is -2.27. The molecule has 1 aromatic carbocycles. The SMILES string of the molecule is C[SiH](C)OC(c1ccccc1C(=O)O)C(C)(C)C. The smallest absolute Gasteiger partial charge is 0.336 e. The molecule has 0 heterocycles. The Bertz CT molecular complexity index is 421. The van der Waals surface area contributed by atoms with Gasteiger partial charge < -0.3 is 9.53 Å². The Morgan fingerprint density at radius 3 is 2.28 bits per heavy atom. The topological polar surface area (TPSA) is 46.5 Å². The third-order valence-electron chi connectivity index (χ3n) is 2.67. The summed E-state index contributed by atoms with van der Waals surface area (Å²) < 4.78 is 6.07. The lowest BCUT2D eigenvalue weighted by molar-refractivity contribution is 0.0661. The Morgan fingerprint density at radius 1 is 1.28 bits per heavy atom. The molecule has 1 rings (SSSR count). The van der Waals surface area contributed by atoms with Crippen molar-refractivity contribution in [3.63, 3.8) is 0 Å². The zero-order valence-electron chi connectivity index (χ0n) is 11.7. The first-order valence-corrected chi connectivity index (χ1v) is 8.99. The van der Waals surface area contributed by atoms with Crippen LogP contribution in [0.4, 0.5) is 0 Å². The van der Waals surface area contributed by atoms with Crippen molar-refractivity contribution in [1.82, 2.24) is 0 Å². The number of aromatic carboxylic acids is 1. The van der Waals surface area contributed by atoms with Crippen molar-refractivity contribution in [2.45, 2.75) is 40.0 Å². The maximum Gasteiger partial charge on any atom is 0.336 e. The van der Waals surface area contributed by atoms with E-state index in [4.69, 9.17) is 4.43 Å². The average Bonchev–Trinajstić information content (AvgIpc) is 2.24. The fraction of sp³-hybridized carbons (Fsp3) is 0.500. The Morgan fingerprint density at radius 2 is 1.83 bits per heavy atom. The van der Waals surface area contributed by atoms with Crippen molar-refractivity contribution in [1.29, 1.82) is 0 Å². The molecule has 3 nitrogen and oxygen atoms in total. The van der Waals surface area contributed by atoms with E-state index in [9.17, 15) is 9.90 Å². The fourth-order valence-electron chi connectivity index (χ4n) is 1.94. The number of benzene rings is 1. The van der Waals surface area contributed by atoms with Crippen LogP contribution in [-0.2, 0) is 4.43 Å². The van der Waals surface area contributed by atoms with Gasteiger partial charge in [-0.25, -0.2) is 4.79 Å². The molecule has 1 atom stereocenters. The Hall–Kier alpha value is -1.13. The van der Waals surface area contributed by atoms with Crippen molar-refractivity contribution in [3.8, 4) is 0 Å². The molecule has 0 spiro atoms. The molecule has 0 aliphatic heterocycles. The largest absolute Gasteiger partial charge is 0.478 e. The average molecular weight is 266 g/mol. The molecule has 0 saturated heterocycles. The summed E-state index contributed by atoms with van der Waals surface area (Å²) in [6, 6.07) is 7.11. The molecule has 0 amide bonds. The molecule has 4 heteroatoms. The van der Waals surface area contributed by atoms with Crippen LogP contribution in [-0.4, -0.2) is 20.1 Å². The quantitative estimate of drug-likeness (QED) is 0.849. The summed E-state index contributed by atoms with van der Waals surface area (Å²) in [7, 11) is -1.24. The van der Waals surface area contributed by atoms with Gasteiger partial charge in [-0.2, -0.15) is 0 Å². The Labute approximate surface area is 111 Å². The molecule has 0 radical (unpaired) electrons. The second kappa shape index (κ2) is 5.67. The molecule has 100 valence electrons. The number of rotatable bonds is 4. The van der Waals surface area contributed by atoms with E-state index in [-0.39, 0.29) is 11.5 Å². The molecule has 0 aromatic heterocycles. The molecular weight excluding hydrogens is 244 g/mol. The van der Waals surface area contributed by atoms with Gasteiger partial charge in [-0.3, -0.25) is 0 Å². The van der Waals surface area contributed by atoms with Crippen LogP contribution in [0.5, 0.6) is 0 Å². The Kier molecular flexibility index (Phi) is 4.70. The molecule has 1 N–H and O–H groups in total. The second-order valence-corrected chi connectivity index (χ2v) is 8.19. The number of carboxylic acid groups (broad SMARTS) is 1. The molecule has 0 fully saturated rings. The highest BCUT2D eigenvalue weighted by molar-refractivity contribution is 6.48. The van der Waals surface area contributed by atoms with Crippen LogP contribution in [0.2, 0.25) is 13.1 Å². The predicted octanol–water partition coefficient (Wildman–Crippen LogP) is 3.47. The minimum atomic E-state index is -1.24. The molecule has 1 aromatic rings. The van der Waals surface area contributed by atoms with E-state index in [0.717, 1.165) is 5.56 Å². The van der Waals surface area contributed by atoms with Crippen LogP contribution in [0, 0.1) is 5.41 Å². The van der Waals surface area contributed by atoms with Gasteiger partial charge in [0.15, 0.2) is 9.04 Å². The van der Waals surface area contributed by atoms with Gasteiger partial charge in [-0.05, 0) is 30.1 Å². The molecule has 1 unspecified atom stereocenters. The van der Waals surface area contributed by atoms with Crippen molar-refractivity contribution in [2.24, 2.45) is 5.41 Å². The van der Waals surface area contributed by atoms with Crippen molar-refractivity contribution in [3.05, 3.63) is 35.4 Å². The third-order valence-corrected chi connectivity index (χ3v) is 3.48. The summed E-state index contributed by atoms with van der Waals surface area (Å²) in [5, 5.41) is 9.27. The van der Waals surface area contributed by atoms with Crippen molar-refractivity contribution < 1.29 is 14.3 Å². The van der Waals surface area contributed by atoms with E-state index < -0.39 is 15.0 Å². The molecule has 0 aliphatic rings. The number of hydrogen-bond donors (Lipinski definition) is 1. The van der Waals surface area contributed by atoms with Gasteiger partial charge >= 0.3 is 5.97 Å². The summed E-state index contributed by atoms with van der Waals surface area (Å²) in [6.45, 7) is 10.4. The summed E-state index contributed by atoms with van der Waals surface area (Å²) in [5.74, 6) is -0.895. The molecule has 0 saturated carbocycles. The van der Waals surface area contributed by atoms with E-state index >= 15 is 0 Å². The Balaban J connectivity index is 3.25. The van der Waals surface area contributed by atoms with E-state index in [1.807, 2.05) is 12.1 Å². The van der Waals surface area contributed by atoms with E-state index in [1.165, 1.54) is 0 Å². The molecule has 18 heavy (non-hydrogen) atoms. The standard InChI is InChI=1S/C14H22O3Si/c1-14(2,3)12(17-18(4)5)10-8-6-7-9-11(10)13(15)16/h6-9,12,18H,1-5H3,(H,15,16). The van der Waals surface area contributed by atoms with Crippen LogP contribution in [0.15, 0.2) is 24.3 Å². The maximum absolute atomic E-state index is 11.3. The summed E-state index contributed by atoms with van der Waals surface area (Å²) in [6.07, 6.45) is -0.170. The second-order valence-electron chi connectivity index (χ2n) is 5.82. The monoisotopic (exact) mass is 266 g/mol. The van der Waals surface area contributed by atoms with Gasteiger partial charge in [0.25, 0.3) is 0 Å². The minimum Gasteiger partial charge on any atom is -0.478 e. The summed E-state index contributed by atoms with van der Waals surface area (Å²) in [4.78, 5) is 11.3. The number of carboxylic acids is 1. The lowest BCUT2D eigenvalue weighted by atomic mass is 9.83. The molecular formula is C14H22O3Si. The van der Waals surface area contributed by atoms with Crippen LogP contribution in [0.3, 0.4) is 0 Å². The van der Waals surface area contributed by atoms with Gasteiger partial charge in [-0.1, -0.05) is 39.0 Å². The predicted molar refractivity (Wildman–Crippen MR) is 75.6 cm³/mol. The van der Waals surface area contributed by atoms with E-state index in [0.29, 0.717) is 5.56 Å². The zero-order valence-corrected chi connectivity index (χ0v) is 12.9. The highest BCUT2D eigenvalue weighted by Crippen LogP contribution is 2.38. The van der Waals surface area contributed by atoms with E-state index in [2.05, 4.69) is 33.9 Å². The van der Waals surface area contributed by atoms with E-state index in [1.54, 1.807) is 12.1 Å². The first-order chi connectivity index (χ1) is 8.23. The molecule has 0 bridgehead atoms. The van der Waals surface area contributed by atoms with Gasteiger partial charge in [-0.15, -0.1) is 0 Å². The summed E-state index contributed by atoms with van der Waals surface area (Å²) in [5.41, 5.74) is 0.994. The fourth-order valence-corrected chi connectivity index (χ4v) is 3.04. The van der Waals surface area contributed by atoms with Crippen molar-refractivity contribution in [2.75, 3.05) is 0 Å². The van der Waals surface area contributed by atoms with Crippen LogP contribution in [0.1, 0.15) is 42.8 Å². The van der Waals surface area contributed by atoms with Gasteiger partial charge in [0.1, 0.15) is 0 Å². The van der Waals surface area contributed by atoms with Gasteiger partial charge in [0.2, 0.25) is 0 Å². The minimum absolute atomic E-state index is 0.122. The van der Waals surface area contributed by atoms with Crippen molar-refractivity contribution >= 4 is 15.0 Å². The van der Waals surface area contributed by atoms with Gasteiger partial charge in [0, 0.05) is 0 Å². The number of hydrogen-bond acceptors (Lipinski definition) is 2. The first-order valence-electron chi connectivity index (χ1n) is 6.21. The lowest BCUT2D eigenvalue weighted by Gasteiger charge is -2.33. The summed E-state index contributed by atoms with van der Waals surface area (Å²) >= 11 is 0. The maximum atomic E-state index is 11.3. The van der Waals surface area contributed by atoms with Gasteiger partial charge in [0.05, 0.1) is 11.7 Å². The third kappa shape index (κ3) is 3.68. The van der Waals surface area contributed by atoms with Crippen LogP contribution >= 0.6 is 0 Å². The van der Waals surface area contributed by atoms with Crippen LogP contribution < -0.4 is 0 Å². The molecule has 0 aliphatic carbocycles. The first kappa shape index (κ1) is 14.9. The number of carbonyl (C=O) groups is 1. The normalized spacial score (nSPS) is 13.7. The highest BCUT2D eigenvalue weighted by Gasteiger charge is 2.30. The highest BCUT2D eigenvalue weighted by atomic mass is 28.3. The zero-order chi connectivity index (χ0) is 13.9.